The molecule has 0 radical (unpaired) electrons. The van der Waals surface area contributed by atoms with Crippen molar-refractivity contribution in [2.45, 2.75) is 32.7 Å². The predicted octanol–water partition coefficient (Wildman–Crippen LogP) is 6.20. The van der Waals surface area contributed by atoms with Gasteiger partial charge in [-0.1, -0.05) is 18.2 Å². The van der Waals surface area contributed by atoms with Crippen LogP contribution in [0.3, 0.4) is 0 Å². The lowest BCUT2D eigenvalue weighted by Crippen LogP contribution is -2.27. The summed E-state index contributed by atoms with van der Waals surface area (Å²) in [6, 6.07) is 8.14. The number of nitrogens with zero attached hydrogens (tertiary/aromatic N) is 3. The number of aryl methyl sites for hydroxylation is 2. The van der Waals surface area contributed by atoms with Crippen LogP contribution in [0.5, 0.6) is 11.6 Å². The van der Waals surface area contributed by atoms with Gasteiger partial charge in [0.1, 0.15) is 17.1 Å². The Morgan fingerprint density at radius 1 is 0.971 bits per heavy atom. The first-order chi connectivity index (χ1) is 15.8. The lowest BCUT2D eigenvalue weighted by Gasteiger charge is -2.21. The van der Waals surface area contributed by atoms with Gasteiger partial charge in [-0.05, 0) is 49.2 Å². The van der Waals surface area contributed by atoms with Gasteiger partial charge in [-0.3, -0.25) is 4.79 Å². The Kier molecular flexibility index (Phi) is 6.85. The van der Waals surface area contributed by atoms with Crippen LogP contribution in [-0.2, 0) is 18.9 Å². The summed E-state index contributed by atoms with van der Waals surface area (Å²) >= 11 is 0. The van der Waals surface area contributed by atoms with Crippen molar-refractivity contribution in [1.82, 2.24) is 14.9 Å². The molecule has 2 aromatic carbocycles. The summed E-state index contributed by atoms with van der Waals surface area (Å²) in [7, 11) is 1.24. The summed E-state index contributed by atoms with van der Waals surface area (Å²) in [5.41, 5.74) is -2.60. The van der Waals surface area contributed by atoms with Crippen LogP contribution in [0.25, 0.3) is 0 Å². The van der Waals surface area contributed by atoms with Gasteiger partial charge in [0.05, 0.1) is 11.1 Å². The molecule has 0 saturated heterocycles. The zero-order valence-electron chi connectivity index (χ0n) is 18.3. The quantitative estimate of drug-likeness (QED) is 0.406. The molecular weight excluding hydrogens is 464 g/mol. The Bertz CT molecular complexity index is 1180. The summed E-state index contributed by atoms with van der Waals surface area (Å²) in [5.74, 6) is -0.103. The molecule has 3 rings (SSSR count). The van der Waals surface area contributed by atoms with E-state index < -0.39 is 35.9 Å². The average Bonchev–Trinajstić information content (AvgIpc) is 2.73. The molecule has 0 N–H and O–H groups in total. The van der Waals surface area contributed by atoms with Gasteiger partial charge in [0.25, 0.3) is 5.91 Å². The first kappa shape index (κ1) is 25.0. The summed E-state index contributed by atoms with van der Waals surface area (Å²) in [5, 5.41) is 0. The standard InChI is InChI=1S/C23H19F6N3O2/c1-13-6-4-5-7-19(13)34-20-18(11-30-14(2)31-20)21(33)32(3)12-15-8-16(22(24,25)26)10-17(9-15)23(27,28)29/h4-11H,12H2,1-3H3. The van der Waals surface area contributed by atoms with Crippen LogP contribution in [0.1, 0.15) is 38.4 Å². The van der Waals surface area contributed by atoms with Gasteiger partial charge in [0.15, 0.2) is 0 Å². The van der Waals surface area contributed by atoms with Crippen molar-refractivity contribution in [3.63, 3.8) is 0 Å². The molecule has 180 valence electrons. The van der Waals surface area contributed by atoms with Gasteiger partial charge >= 0.3 is 12.4 Å². The van der Waals surface area contributed by atoms with E-state index in [-0.39, 0.29) is 23.1 Å². The normalized spacial score (nSPS) is 11.9. The lowest BCUT2D eigenvalue weighted by atomic mass is 10.0. The van der Waals surface area contributed by atoms with Crippen LogP contribution in [-0.4, -0.2) is 27.8 Å². The van der Waals surface area contributed by atoms with Gasteiger partial charge in [0.2, 0.25) is 5.88 Å². The Morgan fingerprint density at radius 2 is 1.56 bits per heavy atom. The summed E-state index contributed by atoms with van der Waals surface area (Å²) in [4.78, 5) is 22.1. The Balaban J connectivity index is 1.93. The molecule has 5 nitrogen and oxygen atoms in total. The molecule has 0 bridgehead atoms. The number of rotatable bonds is 5. The largest absolute Gasteiger partial charge is 0.438 e. The third-order valence-electron chi connectivity index (χ3n) is 4.82. The molecule has 3 aromatic rings. The molecule has 0 aliphatic carbocycles. The number of aromatic nitrogens is 2. The van der Waals surface area contributed by atoms with E-state index in [0.717, 1.165) is 10.5 Å². The summed E-state index contributed by atoms with van der Waals surface area (Å²) < 4.78 is 84.7. The highest BCUT2D eigenvalue weighted by Gasteiger charge is 2.37. The third-order valence-corrected chi connectivity index (χ3v) is 4.82. The molecule has 1 heterocycles. The smallest absolute Gasteiger partial charge is 0.416 e. The molecule has 0 fully saturated rings. The number of ether oxygens (including phenoxy) is 1. The maximum Gasteiger partial charge on any atom is 0.416 e. The molecule has 1 amide bonds. The van der Waals surface area contributed by atoms with Gasteiger partial charge in [-0.25, -0.2) is 4.98 Å². The number of hydrogen-bond acceptors (Lipinski definition) is 4. The maximum atomic E-state index is 13.1. The van der Waals surface area contributed by atoms with Crippen LogP contribution in [0, 0.1) is 13.8 Å². The highest BCUT2D eigenvalue weighted by atomic mass is 19.4. The van der Waals surface area contributed by atoms with Crippen LogP contribution in [0.4, 0.5) is 26.3 Å². The second-order valence-corrected chi connectivity index (χ2v) is 7.58. The minimum absolute atomic E-state index is 0.0350. The Morgan fingerprint density at radius 3 is 2.12 bits per heavy atom. The number of alkyl halides is 6. The molecule has 0 aliphatic rings. The van der Waals surface area contributed by atoms with Crippen molar-refractivity contribution in [3.8, 4) is 11.6 Å². The maximum absolute atomic E-state index is 13.1. The molecule has 0 atom stereocenters. The van der Waals surface area contributed by atoms with E-state index in [2.05, 4.69) is 9.97 Å². The van der Waals surface area contributed by atoms with Crippen LogP contribution in [0.2, 0.25) is 0 Å². The molecule has 0 aliphatic heterocycles. The van der Waals surface area contributed by atoms with Crippen molar-refractivity contribution < 1.29 is 35.9 Å². The predicted molar refractivity (Wildman–Crippen MR) is 110 cm³/mol. The highest BCUT2D eigenvalue weighted by molar-refractivity contribution is 5.96. The monoisotopic (exact) mass is 483 g/mol. The number of halogens is 6. The number of carbonyl (C=O) groups is 1. The number of benzene rings is 2. The van der Waals surface area contributed by atoms with Gasteiger partial charge in [-0.15, -0.1) is 0 Å². The minimum Gasteiger partial charge on any atom is -0.438 e. The van der Waals surface area contributed by atoms with Crippen molar-refractivity contribution in [2.24, 2.45) is 0 Å². The number of carbonyl (C=O) groups excluding carboxylic acids is 1. The van der Waals surface area contributed by atoms with Crippen molar-refractivity contribution in [1.29, 1.82) is 0 Å². The Labute approximate surface area is 191 Å². The highest BCUT2D eigenvalue weighted by Crippen LogP contribution is 2.36. The van der Waals surface area contributed by atoms with E-state index in [1.807, 2.05) is 0 Å². The van der Waals surface area contributed by atoms with E-state index in [1.54, 1.807) is 38.1 Å². The number of para-hydroxylation sites is 1. The molecule has 0 unspecified atom stereocenters. The van der Waals surface area contributed by atoms with Crippen molar-refractivity contribution >= 4 is 5.91 Å². The summed E-state index contributed by atoms with van der Waals surface area (Å²) in [6.45, 7) is 2.83. The molecule has 11 heteroatoms. The third kappa shape index (κ3) is 5.83. The minimum atomic E-state index is -4.99. The van der Waals surface area contributed by atoms with Crippen molar-refractivity contribution in [3.05, 3.63) is 82.3 Å². The fraction of sp³-hybridized carbons (Fsp3) is 0.261. The van der Waals surface area contributed by atoms with E-state index in [4.69, 9.17) is 4.74 Å². The molecule has 0 saturated carbocycles. The number of amides is 1. The van der Waals surface area contributed by atoms with E-state index >= 15 is 0 Å². The summed E-state index contributed by atoms with van der Waals surface area (Å²) in [6.07, 6.45) is -8.78. The van der Waals surface area contributed by atoms with E-state index in [0.29, 0.717) is 23.7 Å². The van der Waals surface area contributed by atoms with Crippen LogP contribution >= 0.6 is 0 Å². The number of hydrogen-bond donors (Lipinski definition) is 0. The average molecular weight is 483 g/mol. The second kappa shape index (κ2) is 9.32. The van der Waals surface area contributed by atoms with Gasteiger partial charge in [-0.2, -0.15) is 31.3 Å². The molecule has 0 spiro atoms. The SMILES string of the molecule is Cc1ncc(C(=O)N(C)Cc2cc(C(F)(F)F)cc(C(F)(F)F)c2)c(Oc2ccccc2C)n1. The van der Waals surface area contributed by atoms with Crippen LogP contribution < -0.4 is 4.74 Å². The van der Waals surface area contributed by atoms with Gasteiger partial charge in [0, 0.05) is 19.8 Å². The van der Waals surface area contributed by atoms with E-state index in [1.165, 1.54) is 13.2 Å². The zero-order valence-corrected chi connectivity index (χ0v) is 18.3. The Hall–Kier alpha value is -3.63. The fourth-order valence-electron chi connectivity index (χ4n) is 3.11. The topological polar surface area (TPSA) is 55.3 Å². The lowest BCUT2D eigenvalue weighted by molar-refractivity contribution is -0.143. The van der Waals surface area contributed by atoms with Gasteiger partial charge < -0.3 is 9.64 Å². The fourth-order valence-corrected chi connectivity index (χ4v) is 3.11. The molecule has 1 aromatic heterocycles. The zero-order chi connectivity index (χ0) is 25.3. The molecule has 34 heavy (non-hydrogen) atoms. The second-order valence-electron chi connectivity index (χ2n) is 7.58. The first-order valence-corrected chi connectivity index (χ1v) is 9.86. The van der Waals surface area contributed by atoms with Crippen LogP contribution in [0.15, 0.2) is 48.7 Å². The first-order valence-electron chi connectivity index (χ1n) is 9.86. The molecular formula is C23H19F6N3O2. The van der Waals surface area contributed by atoms with Crippen molar-refractivity contribution in [2.75, 3.05) is 7.05 Å². The van der Waals surface area contributed by atoms with E-state index in [9.17, 15) is 31.1 Å².